The summed E-state index contributed by atoms with van der Waals surface area (Å²) in [4.78, 5) is 11.3. The van der Waals surface area contributed by atoms with Crippen LogP contribution < -0.4 is 0 Å². The fourth-order valence-electron chi connectivity index (χ4n) is 3.99. The van der Waals surface area contributed by atoms with Gasteiger partial charge in [-0.1, -0.05) is 12.1 Å². The Balaban J connectivity index is 1.27. The summed E-state index contributed by atoms with van der Waals surface area (Å²) < 4.78 is 15.0. The molecule has 146 valence electrons. The fourth-order valence-corrected chi connectivity index (χ4v) is 3.99. The van der Waals surface area contributed by atoms with E-state index >= 15 is 0 Å². The lowest BCUT2D eigenvalue weighted by molar-refractivity contribution is 0.201. The Morgan fingerprint density at radius 1 is 0.897 bits per heavy atom. The van der Waals surface area contributed by atoms with Gasteiger partial charge in [0.15, 0.2) is 11.5 Å². The lowest BCUT2D eigenvalue weighted by Crippen LogP contribution is -2.32. The third-order valence-corrected chi connectivity index (χ3v) is 5.63. The molecule has 1 saturated heterocycles. The van der Waals surface area contributed by atoms with Crippen LogP contribution in [0.3, 0.4) is 0 Å². The van der Waals surface area contributed by atoms with Gasteiger partial charge >= 0.3 is 0 Å². The molecule has 0 atom stereocenters. The highest BCUT2D eigenvalue weighted by molar-refractivity contribution is 5.63. The number of piperidine rings is 1. The fraction of sp³-hybridized carbons (Fsp3) is 0.261. The van der Waals surface area contributed by atoms with Crippen molar-refractivity contribution in [2.24, 2.45) is 0 Å². The second kappa shape index (κ2) is 7.72. The summed E-state index contributed by atoms with van der Waals surface area (Å²) in [5.74, 6) is 1.12. The molecule has 1 aliphatic heterocycles. The molecule has 0 unspecified atom stereocenters. The second-order valence-electron chi connectivity index (χ2n) is 7.60. The molecule has 4 heterocycles. The van der Waals surface area contributed by atoms with E-state index < -0.39 is 0 Å². The van der Waals surface area contributed by atoms with Gasteiger partial charge in [-0.25, -0.2) is 13.9 Å². The predicted molar refractivity (Wildman–Crippen MR) is 110 cm³/mol. The number of fused-ring (bicyclic) bond motifs is 1. The number of hydrogen-bond donors (Lipinski definition) is 0. The Morgan fingerprint density at radius 2 is 1.66 bits per heavy atom. The molecule has 0 spiro atoms. The highest BCUT2D eigenvalue weighted by Gasteiger charge is 2.24. The van der Waals surface area contributed by atoms with Crippen LogP contribution in [0.5, 0.6) is 0 Å². The molecule has 1 fully saturated rings. The van der Waals surface area contributed by atoms with Crippen LogP contribution in [-0.4, -0.2) is 37.6 Å². The van der Waals surface area contributed by atoms with Crippen LogP contribution in [0, 0.1) is 5.82 Å². The SMILES string of the molecule is Fc1ccc(CN2CCC(c3nc4ccc(-c5ccncc5)cn4n3)CC2)cc1. The molecule has 5 nitrogen and oxygen atoms in total. The van der Waals surface area contributed by atoms with Crippen molar-refractivity contribution in [2.75, 3.05) is 13.1 Å². The van der Waals surface area contributed by atoms with E-state index in [1.165, 1.54) is 12.1 Å². The lowest BCUT2D eigenvalue weighted by Gasteiger charge is -2.30. The number of likely N-dealkylation sites (tertiary alicyclic amines) is 1. The van der Waals surface area contributed by atoms with Gasteiger partial charge in [-0.15, -0.1) is 0 Å². The van der Waals surface area contributed by atoms with Gasteiger partial charge in [0.2, 0.25) is 0 Å². The standard InChI is InChI=1S/C23H22FN5/c24-21-4-1-17(2-5-21)15-28-13-9-19(10-14-28)23-26-22-6-3-20(16-29(22)27-23)18-7-11-25-12-8-18/h1-8,11-12,16,19H,9-10,13-15H2. The molecule has 6 heteroatoms. The van der Waals surface area contributed by atoms with Crippen LogP contribution in [0.25, 0.3) is 16.8 Å². The van der Waals surface area contributed by atoms with E-state index in [1.807, 2.05) is 41.0 Å². The van der Waals surface area contributed by atoms with Crippen molar-refractivity contribution >= 4 is 5.65 Å². The van der Waals surface area contributed by atoms with Crippen LogP contribution in [0.15, 0.2) is 67.1 Å². The molecule has 0 aliphatic carbocycles. The van der Waals surface area contributed by atoms with Crippen LogP contribution in [-0.2, 0) is 6.54 Å². The highest BCUT2D eigenvalue weighted by Crippen LogP contribution is 2.27. The summed E-state index contributed by atoms with van der Waals surface area (Å²) in [7, 11) is 0. The Morgan fingerprint density at radius 3 is 2.41 bits per heavy atom. The van der Waals surface area contributed by atoms with Gasteiger partial charge in [-0.05, 0) is 73.5 Å². The topological polar surface area (TPSA) is 46.3 Å². The predicted octanol–water partition coefficient (Wildman–Crippen LogP) is 4.31. The average Bonchev–Trinajstić information content (AvgIpc) is 3.20. The first-order chi connectivity index (χ1) is 14.2. The summed E-state index contributed by atoms with van der Waals surface area (Å²) in [6.07, 6.45) is 7.70. The molecule has 0 bridgehead atoms. The molecule has 0 saturated carbocycles. The van der Waals surface area contributed by atoms with Crippen molar-refractivity contribution in [1.29, 1.82) is 0 Å². The minimum absolute atomic E-state index is 0.183. The molecule has 0 N–H and O–H groups in total. The normalized spacial score (nSPS) is 15.8. The Labute approximate surface area is 168 Å². The van der Waals surface area contributed by atoms with Gasteiger partial charge in [0.05, 0.1) is 0 Å². The number of pyridine rings is 2. The van der Waals surface area contributed by atoms with Crippen molar-refractivity contribution in [3.63, 3.8) is 0 Å². The van der Waals surface area contributed by atoms with Crippen molar-refractivity contribution < 1.29 is 4.39 Å². The van der Waals surface area contributed by atoms with Gasteiger partial charge in [-0.3, -0.25) is 9.88 Å². The summed E-state index contributed by atoms with van der Waals surface area (Å²) in [5, 5.41) is 4.77. The number of nitrogens with zero attached hydrogens (tertiary/aromatic N) is 5. The van der Waals surface area contributed by atoms with Gasteiger partial charge in [0.1, 0.15) is 5.82 Å². The maximum atomic E-state index is 13.1. The number of halogens is 1. The van der Waals surface area contributed by atoms with E-state index in [2.05, 4.69) is 16.0 Å². The lowest BCUT2D eigenvalue weighted by atomic mass is 9.96. The summed E-state index contributed by atoms with van der Waals surface area (Å²) in [6.45, 7) is 2.86. The molecule has 1 aliphatic rings. The molecule has 5 rings (SSSR count). The second-order valence-corrected chi connectivity index (χ2v) is 7.60. The van der Waals surface area contributed by atoms with E-state index in [9.17, 15) is 4.39 Å². The van der Waals surface area contributed by atoms with E-state index in [1.54, 1.807) is 12.4 Å². The van der Waals surface area contributed by atoms with E-state index in [4.69, 9.17) is 10.1 Å². The summed E-state index contributed by atoms with van der Waals surface area (Å²) in [5.41, 5.74) is 4.25. The first-order valence-corrected chi connectivity index (χ1v) is 9.98. The molecule has 0 radical (unpaired) electrons. The average molecular weight is 387 g/mol. The van der Waals surface area contributed by atoms with Crippen LogP contribution in [0.1, 0.15) is 30.1 Å². The minimum atomic E-state index is -0.183. The monoisotopic (exact) mass is 387 g/mol. The maximum absolute atomic E-state index is 13.1. The number of rotatable bonds is 4. The molecule has 3 aromatic heterocycles. The van der Waals surface area contributed by atoms with Crippen molar-refractivity contribution in [1.82, 2.24) is 24.5 Å². The Bertz CT molecular complexity index is 1100. The molecular formula is C23H22FN5. The first kappa shape index (κ1) is 17.9. The molecular weight excluding hydrogens is 365 g/mol. The molecule has 4 aromatic rings. The van der Waals surface area contributed by atoms with Crippen molar-refractivity contribution in [2.45, 2.75) is 25.3 Å². The van der Waals surface area contributed by atoms with Gasteiger partial charge < -0.3 is 0 Å². The van der Waals surface area contributed by atoms with Gasteiger partial charge in [0.25, 0.3) is 0 Å². The van der Waals surface area contributed by atoms with Crippen LogP contribution in [0.2, 0.25) is 0 Å². The largest absolute Gasteiger partial charge is 0.299 e. The van der Waals surface area contributed by atoms with Gasteiger partial charge in [-0.2, -0.15) is 5.10 Å². The Kier molecular flexibility index (Phi) is 4.77. The third-order valence-electron chi connectivity index (χ3n) is 5.63. The number of aromatic nitrogens is 4. The van der Waals surface area contributed by atoms with Crippen LogP contribution >= 0.6 is 0 Å². The zero-order valence-corrected chi connectivity index (χ0v) is 16.1. The maximum Gasteiger partial charge on any atom is 0.155 e. The van der Waals surface area contributed by atoms with Gasteiger partial charge in [0, 0.05) is 36.6 Å². The number of benzene rings is 1. The van der Waals surface area contributed by atoms with Crippen molar-refractivity contribution in [3.8, 4) is 11.1 Å². The zero-order valence-electron chi connectivity index (χ0n) is 16.1. The zero-order chi connectivity index (χ0) is 19.6. The number of hydrogen-bond acceptors (Lipinski definition) is 4. The Hall–Kier alpha value is -3.12. The van der Waals surface area contributed by atoms with E-state index in [0.717, 1.165) is 60.6 Å². The quantitative estimate of drug-likeness (QED) is 0.524. The first-order valence-electron chi connectivity index (χ1n) is 9.98. The summed E-state index contributed by atoms with van der Waals surface area (Å²) in [6, 6.07) is 14.9. The summed E-state index contributed by atoms with van der Waals surface area (Å²) >= 11 is 0. The third kappa shape index (κ3) is 3.89. The van der Waals surface area contributed by atoms with Crippen LogP contribution in [0.4, 0.5) is 4.39 Å². The minimum Gasteiger partial charge on any atom is -0.299 e. The van der Waals surface area contributed by atoms with Crippen molar-refractivity contribution in [3.05, 3.63) is 84.3 Å². The molecule has 29 heavy (non-hydrogen) atoms. The highest BCUT2D eigenvalue weighted by atomic mass is 19.1. The smallest absolute Gasteiger partial charge is 0.155 e. The molecule has 0 amide bonds. The van der Waals surface area contributed by atoms with E-state index in [-0.39, 0.29) is 5.82 Å². The molecule has 1 aromatic carbocycles. The van der Waals surface area contributed by atoms with E-state index in [0.29, 0.717) is 5.92 Å².